The van der Waals surface area contributed by atoms with Gasteiger partial charge < -0.3 is 15.5 Å². The van der Waals surface area contributed by atoms with Gasteiger partial charge in [0.2, 0.25) is 5.91 Å². The first kappa shape index (κ1) is 19.8. The van der Waals surface area contributed by atoms with Crippen LogP contribution in [-0.2, 0) is 11.3 Å². The second kappa shape index (κ2) is 8.94. The number of aromatic nitrogens is 2. The molecule has 2 aliphatic rings. The lowest BCUT2D eigenvalue weighted by atomic mass is 10.0. The number of anilines is 2. The summed E-state index contributed by atoms with van der Waals surface area (Å²) in [5.74, 6) is 0.391. The molecule has 2 fully saturated rings. The van der Waals surface area contributed by atoms with E-state index in [0.717, 1.165) is 56.7 Å². The van der Waals surface area contributed by atoms with E-state index in [4.69, 9.17) is 0 Å². The van der Waals surface area contributed by atoms with Crippen molar-refractivity contribution in [1.29, 1.82) is 0 Å². The van der Waals surface area contributed by atoms with Crippen LogP contribution < -0.4 is 15.5 Å². The zero-order valence-corrected chi connectivity index (χ0v) is 17.7. The molecule has 0 radical (unpaired) electrons. The van der Waals surface area contributed by atoms with E-state index in [1.54, 1.807) is 6.20 Å². The van der Waals surface area contributed by atoms with Crippen LogP contribution in [0, 0.1) is 5.92 Å². The molecule has 2 aromatic carbocycles. The van der Waals surface area contributed by atoms with Gasteiger partial charge in [-0.2, -0.15) is 5.10 Å². The fourth-order valence-electron chi connectivity index (χ4n) is 4.20. The third-order valence-electron chi connectivity index (χ3n) is 6.20. The van der Waals surface area contributed by atoms with Gasteiger partial charge in [0.1, 0.15) is 0 Å². The van der Waals surface area contributed by atoms with E-state index in [2.05, 4.69) is 57.0 Å². The van der Waals surface area contributed by atoms with Gasteiger partial charge in [-0.15, -0.1) is 0 Å². The van der Waals surface area contributed by atoms with Crippen molar-refractivity contribution in [2.75, 3.05) is 23.3 Å². The monoisotopic (exact) mass is 415 g/mol. The summed E-state index contributed by atoms with van der Waals surface area (Å²) in [5, 5.41) is 11.1. The van der Waals surface area contributed by atoms with Crippen LogP contribution >= 0.6 is 0 Å². The minimum Gasteiger partial charge on any atom is -0.371 e. The molecule has 1 amide bonds. The summed E-state index contributed by atoms with van der Waals surface area (Å²) in [6.07, 6.45) is 8.04. The number of amides is 1. The van der Waals surface area contributed by atoms with Gasteiger partial charge in [-0.05, 0) is 67.6 Å². The average Bonchev–Trinajstić information content (AvgIpc) is 3.53. The molecule has 31 heavy (non-hydrogen) atoms. The number of benzene rings is 2. The van der Waals surface area contributed by atoms with Gasteiger partial charge in [-0.25, -0.2) is 4.68 Å². The molecule has 0 unspecified atom stereocenters. The minimum atomic E-state index is 0.164. The Kier molecular flexibility index (Phi) is 5.71. The topological polar surface area (TPSA) is 62.2 Å². The van der Waals surface area contributed by atoms with Crippen molar-refractivity contribution in [3.8, 4) is 5.69 Å². The number of rotatable bonds is 7. The Morgan fingerprint density at radius 2 is 1.77 bits per heavy atom. The van der Waals surface area contributed by atoms with Crippen LogP contribution in [0.1, 0.15) is 31.2 Å². The number of hydrogen-bond acceptors (Lipinski definition) is 4. The van der Waals surface area contributed by atoms with Gasteiger partial charge in [0.05, 0.1) is 5.69 Å². The van der Waals surface area contributed by atoms with Crippen LogP contribution in [0.3, 0.4) is 0 Å². The number of carbonyl (C=O) groups is 1. The molecular formula is C25H29N5O. The summed E-state index contributed by atoms with van der Waals surface area (Å²) in [7, 11) is 0. The highest BCUT2D eigenvalue weighted by Crippen LogP contribution is 2.31. The lowest BCUT2D eigenvalue weighted by Crippen LogP contribution is -2.42. The second-order valence-corrected chi connectivity index (χ2v) is 8.58. The molecule has 160 valence electrons. The Bertz CT molecular complexity index is 1020. The molecule has 1 aliphatic carbocycles. The largest absolute Gasteiger partial charge is 0.371 e. The average molecular weight is 416 g/mol. The van der Waals surface area contributed by atoms with Gasteiger partial charge in [0.15, 0.2) is 0 Å². The third kappa shape index (κ3) is 4.97. The highest BCUT2D eigenvalue weighted by Gasteiger charge is 2.29. The predicted octanol–water partition coefficient (Wildman–Crippen LogP) is 3.98. The summed E-state index contributed by atoms with van der Waals surface area (Å²) in [4.78, 5) is 14.5. The van der Waals surface area contributed by atoms with Gasteiger partial charge in [0, 0.05) is 55.4 Å². The molecule has 2 heterocycles. The Morgan fingerprint density at radius 3 is 2.55 bits per heavy atom. The van der Waals surface area contributed by atoms with Crippen molar-refractivity contribution in [2.24, 2.45) is 5.92 Å². The maximum Gasteiger partial charge on any atom is 0.227 e. The highest BCUT2D eigenvalue weighted by molar-refractivity contribution is 5.94. The predicted molar refractivity (Wildman–Crippen MR) is 123 cm³/mol. The van der Waals surface area contributed by atoms with E-state index >= 15 is 0 Å². The van der Waals surface area contributed by atoms with Gasteiger partial charge in [0.25, 0.3) is 0 Å². The Hall–Kier alpha value is -3.12. The van der Waals surface area contributed by atoms with Gasteiger partial charge >= 0.3 is 0 Å². The lowest BCUT2D eigenvalue weighted by molar-refractivity contribution is -0.117. The molecule has 1 aliphatic heterocycles. The van der Waals surface area contributed by atoms with Crippen LogP contribution in [0.25, 0.3) is 5.69 Å². The quantitative estimate of drug-likeness (QED) is 0.613. The Balaban J connectivity index is 1.13. The summed E-state index contributed by atoms with van der Waals surface area (Å²) in [6.45, 7) is 2.90. The summed E-state index contributed by atoms with van der Waals surface area (Å²) >= 11 is 0. The lowest BCUT2D eigenvalue weighted by Gasteiger charge is -2.34. The second-order valence-electron chi connectivity index (χ2n) is 8.58. The number of carbonyl (C=O) groups excluding carboxylic acids is 1. The molecule has 3 aromatic rings. The molecule has 0 spiro atoms. The summed E-state index contributed by atoms with van der Waals surface area (Å²) < 4.78 is 1.89. The number of piperidine rings is 1. The van der Waals surface area contributed by atoms with E-state index < -0.39 is 0 Å². The van der Waals surface area contributed by atoms with Crippen LogP contribution in [0.4, 0.5) is 11.4 Å². The van der Waals surface area contributed by atoms with E-state index in [-0.39, 0.29) is 11.8 Å². The number of nitrogens with one attached hydrogen (secondary N) is 2. The molecule has 1 saturated heterocycles. The summed E-state index contributed by atoms with van der Waals surface area (Å²) in [6, 6.07) is 19.2. The standard InChI is InChI=1S/C25H29N5O/c31-25(20-8-9-20)28-22-5-2-6-23(17-22)29-14-10-21(11-15-29)26-18-19-4-1-7-24(16-19)30-13-3-12-27-30/h1-7,12-13,16-17,20-21,26H,8-11,14-15,18H2,(H,28,31). The SMILES string of the molecule is O=C(Nc1cccc(N2CCC(NCc3cccc(-n4cccn4)c3)CC2)c1)C1CC1. The molecule has 0 atom stereocenters. The number of nitrogens with zero attached hydrogens (tertiary/aromatic N) is 3. The fourth-order valence-corrected chi connectivity index (χ4v) is 4.20. The van der Waals surface area contributed by atoms with E-state index in [0.29, 0.717) is 6.04 Å². The first-order valence-electron chi connectivity index (χ1n) is 11.2. The van der Waals surface area contributed by atoms with E-state index in [9.17, 15) is 4.79 Å². The van der Waals surface area contributed by atoms with Crippen molar-refractivity contribution >= 4 is 17.3 Å². The minimum absolute atomic E-state index is 0.164. The Labute approximate surface area is 183 Å². The van der Waals surface area contributed by atoms with Crippen molar-refractivity contribution in [1.82, 2.24) is 15.1 Å². The summed E-state index contributed by atoms with van der Waals surface area (Å²) in [5.41, 5.74) is 4.47. The van der Waals surface area contributed by atoms with E-state index in [1.165, 1.54) is 11.3 Å². The molecule has 6 nitrogen and oxygen atoms in total. The normalized spacial score (nSPS) is 17.0. The smallest absolute Gasteiger partial charge is 0.227 e. The van der Waals surface area contributed by atoms with Crippen LogP contribution in [0.5, 0.6) is 0 Å². The van der Waals surface area contributed by atoms with Crippen LogP contribution in [0.2, 0.25) is 0 Å². The molecule has 0 bridgehead atoms. The zero-order valence-electron chi connectivity index (χ0n) is 17.7. The van der Waals surface area contributed by atoms with Crippen molar-refractivity contribution < 1.29 is 4.79 Å². The molecule has 1 saturated carbocycles. The zero-order chi connectivity index (χ0) is 21.0. The Morgan fingerprint density at radius 1 is 0.968 bits per heavy atom. The van der Waals surface area contributed by atoms with Crippen molar-refractivity contribution in [3.05, 3.63) is 72.6 Å². The van der Waals surface area contributed by atoms with Crippen LogP contribution in [0.15, 0.2) is 67.0 Å². The van der Waals surface area contributed by atoms with Gasteiger partial charge in [-0.1, -0.05) is 18.2 Å². The van der Waals surface area contributed by atoms with Crippen LogP contribution in [-0.4, -0.2) is 34.8 Å². The third-order valence-corrected chi connectivity index (χ3v) is 6.20. The first-order chi connectivity index (χ1) is 15.2. The molecule has 5 rings (SSSR count). The number of hydrogen-bond donors (Lipinski definition) is 2. The maximum absolute atomic E-state index is 12.0. The molecular weight excluding hydrogens is 386 g/mol. The molecule has 2 N–H and O–H groups in total. The molecule has 6 heteroatoms. The molecule has 1 aromatic heterocycles. The van der Waals surface area contributed by atoms with Crippen molar-refractivity contribution in [2.45, 2.75) is 38.3 Å². The first-order valence-corrected chi connectivity index (χ1v) is 11.2. The van der Waals surface area contributed by atoms with Gasteiger partial charge in [-0.3, -0.25) is 4.79 Å². The highest BCUT2D eigenvalue weighted by atomic mass is 16.2. The van der Waals surface area contributed by atoms with E-state index in [1.807, 2.05) is 29.1 Å². The maximum atomic E-state index is 12.0. The van der Waals surface area contributed by atoms with Crippen molar-refractivity contribution in [3.63, 3.8) is 0 Å². The fraction of sp³-hybridized carbons (Fsp3) is 0.360.